The fourth-order valence-corrected chi connectivity index (χ4v) is 5.44. The molecule has 1 N–H and O–H groups in total. The Kier molecular flexibility index (Phi) is 5.40. The summed E-state index contributed by atoms with van der Waals surface area (Å²) in [5.74, 6) is 0. The largest absolute Gasteiger partial charge is 0.243 e. The van der Waals surface area contributed by atoms with Crippen LogP contribution in [0.3, 0.4) is 0 Å². The lowest BCUT2D eigenvalue weighted by molar-refractivity contribution is 0.551. The average Bonchev–Trinajstić information content (AvgIpc) is 2.89. The number of pyridine rings is 1. The van der Waals surface area contributed by atoms with Crippen LogP contribution in [0.5, 0.6) is 0 Å². The fraction of sp³-hybridized carbons (Fsp3) is 0.583. The molecule has 4 nitrogen and oxygen atoms in total. The van der Waals surface area contributed by atoms with Crippen molar-refractivity contribution in [1.82, 2.24) is 9.71 Å². The van der Waals surface area contributed by atoms with E-state index < -0.39 is 10.0 Å². The van der Waals surface area contributed by atoms with Gasteiger partial charge in [0.05, 0.1) is 0 Å². The van der Waals surface area contributed by atoms with Crippen LogP contribution in [-0.4, -0.2) is 30.9 Å². The van der Waals surface area contributed by atoms with Gasteiger partial charge in [0.1, 0.15) is 10.0 Å². The van der Waals surface area contributed by atoms with Crippen LogP contribution in [0.25, 0.3) is 0 Å². The molecule has 8 heteroatoms. The van der Waals surface area contributed by atoms with Gasteiger partial charge in [-0.15, -0.1) is 0 Å². The van der Waals surface area contributed by atoms with Gasteiger partial charge in [-0.05, 0) is 41.1 Å². The summed E-state index contributed by atoms with van der Waals surface area (Å²) in [6.45, 7) is 0.430. The summed E-state index contributed by atoms with van der Waals surface area (Å²) in [6, 6.07) is 1.47. The van der Waals surface area contributed by atoms with E-state index in [1.165, 1.54) is 12.3 Å². The van der Waals surface area contributed by atoms with Gasteiger partial charge in [0.15, 0.2) is 0 Å². The van der Waals surface area contributed by atoms with Gasteiger partial charge in [-0.1, -0.05) is 24.4 Å². The molecule has 0 saturated heterocycles. The van der Waals surface area contributed by atoms with Crippen molar-refractivity contribution < 1.29 is 8.42 Å². The van der Waals surface area contributed by atoms with Crippen molar-refractivity contribution in [1.29, 1.82) is 0 Å². The van der Waals surface area contributed by atoms with Gasteiger partial charge in [0, 0.05) is 22.0 Å². The Balaban J connectivity index is 2.17. The molecule has 0 radical (unpaired) electrons. The topological polar surface area (TPSA) is 59.1 Å². The minimum Gasteiger partial charge on any atom is -0.242 e. The van der Waals surface area contributed by atoms with Gasteiger partial charge in [0.2, 0.25) is 10.0 Å². The maximum atomic E-state index is 12.4. The zero-order valence-electron chi connectivity index (χ0n) is 11.0. The van der Waals surface area contributed by atoms with Gasteiger partial charge in [0.25, 0.3) is 0 Å². The third-order valence-electron chi connectivity index (χ3n) is 3.60. The summed E-state index contributed by atoms with van der Waals surface area (Å²) in [5, 5.41) is -0.00896. The molecule has 0 spiro atoms. The first-order chi connectivity index (χ1) is 9.38. The zero-order valence-corrected chi connectivity index (χ0v) is 15.0. The van der Waals surface area contributed by atoms with E-state index >= 15 is 0 Å². The molecule has 0 bridgehead atoms. The molecule has 1 fully saturated rings. The summed E-state index contributed by atoms with van der Waals surface area (Å²) in [7, 11) is -3.64. The molecule has 1 aromatic heterocycles. The maximum Gasteiger partial charge on any atom is 0.243 e. The Morgan fingerprint density at radius 2 is 2.15 bits per heavy atom. The number of aromatic nitrogens is 1. The highest BCUT2D eigenvalue weighted by molar-refractivity contribution is 9.10. The standard InChI is InChI=1S/C12H16BrClN2O2S2/c1-19-12(4-2-3-5-12)8-16-20(17,18)10-6-9(13)7-15-11(10)14/h6-7,16H,2-5,8H2,1H3. The second-order valence-corrected chi connectivity index (χ2v) is 9.14. The number of hydrogen-bond acceptors (Lipinski definition) is 4. The van der Waals surface area contributed by atoms with Crippen molar-refractivity contribution in [3.8, 4) is 0 Å². The van der Waals surface area contributed by atoms with Crippen molar-refractivity contribution in [2.24, 2.45) is 0 Å². The summed E-state index contributed by atoms with van der Waals surface area (Å²) in [5.41, 5.74) is 0. The van der Waals surface area contributed by atoms with Crippen LogP contribution in [-0.2, 0) is 10.0 Å². The molecule has 0 amide bonds. The molecule has 20 heavy (non-hydrogen) atoms. The summed E-state index contributed by atoms with van der Waals surface area (Å²) in [4.78, 5) is 3.87. The molecular weight excluding hydrogens is 384 g/mol. The van der Waals surface area contributed by atoms with Gasteiger partial charge < -0.3 is 0 Å². The van der Waals surface area contributed by atoms with Crippen LogP contribution in [0.4, 0.5) is 0 Å². The number of nitrogens with zero attached hydrogens (tertiary/aromatic N) is 1. The first-order valence-electron chi connectivity index (χ1n) is 6.24. The summed E-state index contributed by atoms with van der Waals surface area (Å²) < 4.78 is 28.0. The SMILES string of the molecule is CSC1(CNS(=O)(=O)c2cc(Br)cnc2Cl)CCCC1. The molecule has 1 aromatic rings. The van der Waals surface area contributed by atoms with E-state index in [2.05, 4.69) is 25.6 Å². The van der Waals surface area contributed by atoms with E-state index in [0.29, 0.717) is 11.0 Å². The Labute approximate surface area is 137 Å². The molecule has 0 unspecified atom stereocenters. The van der Waals surface area contributed by atoms with Crippen molar-refractivity contribution >= 4 is 49.3 Å². The second-order valence-electron chi connectivity index (χ2n) is 4.86. The highest BCUT2D eigenvalue weighted by Crippen LogP contribution is 2.39. The van der Waals surface area contributed by atoms with E-state index in [0.717, 1.165) is 25.7 Å². The normalized spacial score (nSPS) is 18.4. The van der Waals surface area contributed by atoms with Crippen molar-refractivity contribution in [2.45, 2.75) is 35.3 Å². The van der Waals surface area contributed by atoms with Crippen LogP contribution in [0.2, 0.25) is 5.15 Å². The summed E-state index contributed by atoms with van der Waals surface area (Å²) in [6.07, 6.45) is 7.90. The maximum absolute atomic E-state index is 12.4. The van der Waals surface area contributed by atoms with Gasteiger partial charge in [-0.2, -0.15) is 11.8 Å². The molecule has 1 heterocycles. The minimum absolute atomic E-state index is 0.00896. The Hall–Kier alpha value is 0.180. The fourth-order valence-electron chi connectivity index (χ4n) is 2.37. The third-order valence-corrected chi connectivity index (χ3v) is 7.28. The Morgan fingerprint density at radius 3 is 2.75 bits per heavy atom. The van der Waals surface area contributed by atoms with Gasteiger partial charge in [-0.25, -0.2) is 18.1 Å². The third kappa shape index (κ3) is 3.68. The van der Waals surface area contributed by atoms with Crippen molar-refractivity contribution in [2.75, 3.05) is 12.8 Å². The molecule has 0 aliphatic heterocycles. The second kappa shape index (κ2) is 6.52. The molecule has 0 aromatic carbocycles. The highest BCUT2D eigenvalue weighted by atomic mass is 79.9. The van der Waals surface area contributed by atoms with E-state index in [1.807, 2.05) is 6.26 Å². The molecule has 2 rings (SSSR count). The number of hydrogen-bond donors (Lipinski definition) is 1. The molecular formula is C12H16BrClN2O2S2. The lowest BCUT2D eigenvalue weighted by atomic mass is 10.1. The number of sulfonamides is 1. The van der Waals surface area contributed by atoms with Crippen LogP contribution in [0.1, 0.15) is 25.7 Å². The lowest BCUT2D eigenvalue weighted by Crippen LogP contribution is -2.38. The predicted octanol–water partition coefficient (Wildman–Crippen LogP) is 3.45. The van der Waals surface area contributed by atoms with E-state index in [-0.39, 0.29) is 14.8 Å². The van der Waals surface area contributed by atoms with Crippen molar-refractivity contribution in [3.63, 3.8) is 0 Å². The number of thioether (sulfide) groups is 1. The van der Waals surface area contributed by atoms with Crippen LogP contribution in [0, 0.1) is 0 Å². The van der Waals surface area contributed by atoms with Crippen LogP contribution >= 0.6 is 39.3 Å². The molecule has 1 aliphatic carbocycles. The Bertz CT molecular complexity index is 589. The highest BCUT2D eigenvalue weighted by Gasteiger charge is 2.34. The van der Waals surface area contributed by atoms with E-state index in [1.54, 1.807) is 11.8 Å². The average molecular weight is 400 g/mol. The number of halogens is 2. The van der Waals surface area contributed by atoms with Crippen LogP contribution in [0.15, 0.2) is 21.6 Å². The van der Waals surface area contributed by atoms with Crippen molar-refractivity contribution in [3.05, 3.63) is 21.9 Å². The quantitative estimate of drug-likeness (QED) is 0.770. The first-order valence-corrected chi connectivity index (χ1v) is 10.1. The lowest BCUT2D eigenvalue weighted by Gasteiger charge is -2.26. The zero-order chi connectivity index (χ0) is 14.8. The van der Waals surface area contributed by atoms with E-state index in [4.69, 9.17) is 11.6 Å². The monoisotopic (exact) mass is 398 g/mol. The minimum atomic E-state index is -3.64. The number of rotatable bonds is 5. The first kappa shape index (κ1) is 16.5. The molecule has 0 atom stereocenters. The van der Waals surface area contributed by atoms with Gasteiger partial charge >= 0.3 is 0 Å². The smallest absolute Gasteiger partial charge is 0.242 e. The number of nitrogens with one attached hydrogen (secondary N) is 1. The summed E-state index contributed by atoms with van der Waals surface area (Å²) >= 11 is 10.8. The van der Waals surface area contributed by atoms with Gasteiger partial charge in [-0.3, -0.25) is 0 Å². The molecule has 1 saturated carbocycles. The predicted molar refractivity (Wildman–Crippen MR) is 86.8 cm³/mol. The molecule has 112 valence electrons. The van der Waals surface area contributed by atoms with Crippen LogP contribution < -0.4 is 4.72 Å². The van der Waals surface area contributed by atoms with E-state index in [9.17, 15) is 8.42 Å². The Morgan fingerprint density at radius 1 is 1.50 bits per heavy atom. The molecule has 1 aliphatic rings.